The maximum absolute atomic E-state index is 11.6. The lowest BCUT2D eigenvalue weighted by Crippen LogP contribution is -2.29. The summed E-state index contributed by atoms with van der Waals surface area (Å²) in [6, 6.07) is 0. The highest BCUT2D eigenvalue weighted by Gasteiger charge is 2.24. The Morgan fingerprint density at radius 2 is 2.29 bits per heavy atom. The summed E-state index contributed by atoms with van der Waals surface area (Å²) in [5.41, 5.74) is 5.55. The van der Waals surface area contributed by atoms with Crippen LogP contribution in [0.4, 0.5) is 0 Å². The summed E-state index contributed by atoms with van der Waals surface area (Å²) in [4.78, 5) is 13.5. The lowest BCUT2D eigenvalue weighted by Gasteiger charge is -2.15. The average Bonchev–Trinajstić information content (AvgIpc) is 2.66. The minimum absolute atomic E-state index is 0.179. The van der Waals surface area contributed by atoms with Gasteiger partial charge in [0.1, 0.15) is 0 Å². The first-order valence-corrected chi connectivity index (χ1v) is 5.36. The van der Waals surface area contributed by atoms with Crippen LogP contribution in [0.2, 0.25) is 0 Å². The molecule has 0 aromatic heterocycles. The van der Waals surface area contributed by atoms with E-state index in [1.807, 2.05) is 4.90 Å². The van der Waals surface area contributed by atoms with Crippen LogP contribution in [0.3, 0.4) is 0 Å². The number of likely N-dealkylation sites (tertiary alicyclic amines) is 1. The summed E-state index contributed by atoms with van der Waals surface area (Å²) in [6.07, 6.45) is 3.12. The molecule has 1 aliphatic heterocycles. The van der Waals surface area contributed by atoms with Gasteiger partial charge in [0, 0.05) is 26.1 Å². The van der Waals surface area contributed by atoms with E-state index in [2.05, 4.69) is 0 Å². The molecule has 0 aromatic rings. The molecule has 1 amide bonds. The highest BCUT2D eigenvalue weighted by Crippen LogP contribution is 2.16. The van der Waals surface area contributed by atoms with Crippen molar-refractivity contribution >= 4 is 5.91 Å². The zero-order valence-electron chi connectivity index (χ0n) is 8.61. The molecule has 0 radical (unpaired) electrons. The van der Waals surface area contributed by atoms with E-state index in [1.54, 1.807) is 0 Å². The molecule has 14 heavy (non-hydrogen) atoms. The van der Waals surface area contributed by atoms with Crippen LogP contribution in [-0.4, -0.2) is 42.2 Å². The van der Waals surface area contributed by atoms with Gasteiger partial charge in [-0.3, -0.25) is 4.79 Å². The van der Waals surface area contributed by atoms with E-state index in [0.29, 0.717) is 18.9 Å². The second-order valence-corrected chi connectivity index (χ2v) is 3.91. The largest absolute Gasteiger partial charge is 0.396 e. The van der Waals surface area contributed by atoms with E-state index >= 15 is 0 Å². The molecule has 1 aliphatic rings. The van der Waals surface area contributed by atoms with Crippen molar-refractivity contribution in [3.8, 4) is 0 Å². The Labute approximate surface area is 85.1 Å². The number of amides is 1. The van der Waals surface area contributed by atoms with Gasteiger partial charge in [0.2, 0.25) is 5.91 Å². The van der Waals surface area contributed by atoms with Gasteiger partial charge in [-0.2, -0.15) is 0 Å². The predicted octanol–water partition coefficient (Wildman–Crippen LogP) is -0.0438. The third kappa shape index (κ3) is 3.27. The lowest BCUT2D eigenvalue weighted by molar-refractivity contribution is -0.130. The zero-order valence-corrected chi connectivity index (χ0v) is 8.61. The molecule has 1 saturated heterocycles. The first-order valence-electron chi connectivity index (χ1n) is 5.36. The smallest absolute Gasteiger partial charge is 0.222 e. The molecule has 0 bridgehead atoms. The molecule has 4 nitrogen and oxygen atoms in total. The van der Waals surface area contributed by atoms with E-state index in [4.69, 9.17) is 10.8 Å². The monoisotopic (exact) mass is 200 g/mol. The topological polar surface area (TPSA) is 66.6 Å². The van der Waals surface area contributed by atoms with Crippen molar-refractivity contribution < 1.29 is 9.90 Å². The molecule has 1 atom stereocenters. The van der Waals surface area contributed by atoms with Crippen LogP contribution in [-0.2, 0) is 4.79 Å². The van der Waals surface area contributed by atoms with Crippen LogP contribution in [0.25, 0.3) is 0 Å². The van der Waals surface area contributed by atoms with Crippen LogP contribution < -0.4 is 5.73 Å². The number of hydrogen-bond acceptors (Lipinski definition) is 3. The van der Waals surface area contributed by atoms with Crippen LogP contribution in [0.5, 0.6) is 0 Å². The molecule has 1 heterocycles. The first-order chi connectivity index (χ1) is 6.77. The average molecular weight is 200 g/mol. The SMILES string of the molecule is NCC1CCN(C(=O)CCCCO)C1. The van der Waals surface area contributed by atoms with Gasteiger partial charge in [-0.25, -0.2) is 0 Å². The number of aliphatic hydroxyl groups is 1. The minimum atomic E-state index is 0.179. The Morgan fingerprint density at radius 1 is 1.50 bits per heavy atom. The van der Waals surface area contributed by atoms with E-state index < -0.39 is 0 Å². The number of carbonyl (C=O) groups excluding carboxylic acids is 1. The third-order valence-electron chi connectivity index (χ3n) is 2.77. The second-order valence-electron chi connectivity index (χ2n) is 3.91. The molecule has 1 fully saturated rings. The van der Waals surface area contributed by atoms with Crippen LogP contribution in [0.1, 0.15) is 25.7 Å². The maximum Gasteiger partial charge on any atom is 0.222 e. The van der Waals surface area contributed by atoms with Crippen LogP contribution in [0.15, 0.2) is 0 Å². The summed E-state index contributed by atoms with van der Waals surface area (Å²) >= 11 is 0. The Kier molecular flexibility index (Phi) is 4.90. The number of nitrogens with two attached hydrogens (primary N) is 1. The molecule has 3 N–H and O–H groups in total. The molecule has 0 aliphatic carbocycles. The van der Waals surface area contributed by atoms with Gasteiger partial charge in [0.05, 0.1) is 0 Å². The Hall–Kier alpha value is -0.610. The Balaban J connectivity index is 2.18. The van der Waals surface area contributed by atoms with Crippen LogP contribution >= 0.6 is 0 Å². The van der Waals surface area contributed by atoms with Gasteiger partial charge in [0.15, 0.2) is 0 Å². The number of hydrogen-bond donors (Lipinski definition) is 2. The number of unbranched alkanes of at least 4 members (excludes halogenated alkanes) is 1. The van der Waals surface area contributed by atoms with E-state index in [1.165, 1.54) is 0 Å². The third-order valence-corrected chi connectivity index (χ3v) is 2.77. The zero-order chi connectivity index (χ0) is 10.4. The summed E-state index contributed by atoms with van der Waals surface area (Å²) in [5.74, 6) is 0.714. The van der Waals surface area contributed by atoms with Gasteiger partial charge in [-0.15, -0.1) is 0 Å². The number of carbonyl (C=O) groups is 1. The summed E-state index contributed by atoms with van der Waals surface area (Å²) in [5, 5.41) is 8.58. The van der Waals surface area contributed by atoms with Crippen LogP contribution in [0, 0.1) is 5.92 Å². The van der Waals surface area contributed by atoms with Gasteiger partial charge >= 0.3 is 0 Å². The molecular formula is C10H20N2O2. The van der Waals surface area contributed by atoms with Gasteiger partial charge in [0.25, 0.3) is 0 Å². The number of rotatable bonds is 5. The van der Waals surface area contributed by atoms with E-state index in [0.717, 1.165) is 32.4 Å². The standard InChI is InChI=1S/C10H20N2O2/c11-7-9-4-5-12(8-9)10(14)3-1-2-6-13/h9,13H,1-8,11H2. The summed E-state index contributed by atoms with van der Waals surface area (Å²) in [6.45, 7) is 2.55. The van der Waals surface area contributed by atoms with Crippen molar-refractivity contribution in [2.75, 3.05) is 26.2 Å². The fourth-order valence-electron chi connectivity index (χ4n) is 1.80. The molecule has 1 rings (SSSR count). The highest BCUT2D eigenvalue weighted by molar-refractivity contribution is 5.76. The lowest BCUT2D eigenvalue weighted by atomic mass is 10.1. The van der Waals surface area contributed by atoms with Crippen molar-refractivity contribution in [1.29, 1.82) is 0 Å². The maximum atomic E-state index is 11.6. The molecule has 82 valence electrons. The Bertz CT molecular complexity index is 185. The summed E-state index contributed by atoms with van der Waals surface area (Å²) in [7, 11) is 0. The van der Waals surface area contributed by atoms with Crippen molar-refractivity contribution in [2.45, 2.75) is 25.7 Å². The van der Waals surface area contributed by atoms with Gasteiger partial charge in [-0.1, -0.05) is 0 Å². The van der Waals surface area contributed by atoms with Crippen molar-refractivity contribution in [3.05, 3.63) is 0 Å². The molecule has 4 heteroatoms. The normalized spacial score (nSPS) is 21.6. The minimum Gasteiger partial charge on any atom is -0.396 e. The predicted molar refractivity (Wildman–Crippen MR) is 54.7 cm³/mol. The number of aliphatic hydroxyl groups excluding tert-OH is 1. The molecular weight excluding hydrogens is 180 g/mol. The molecule has 0 spiro atoms. The van der Waals surface area contributed by atoms with E-state index in [-0.39, 0.29) is 12.5 Å². The Morgan fingerprint density at radius 3 is 2.86 bits per heavy atom. The van der Waals surface area contributed by atoms with E-state index in [9.17, 15) is 4.79 Å². The highest BCUT2D eigenvalue weighted by atomic mass is 16.3. The fraction of sp³-hybridized carbons (Fsp3) is 0.900. The quantitative estimate of drug-likeness (QED) is 0.612. The van der Waals surface area contributed by atoms with Crippen molar-refractivity contribution in [2.24, 2.45) is 11.7 Å². The first kappa shape index (κ1) is 11.5. The van der Waals surface area contributed by atoms with Crippen molar-refractivity contribution in [1.82, 2.24) is 4.90 Å². The number of nitrogens with zero attached hydrogens (tertiary/aromatic N) is 1. The van der Waals surface area contributed by atoms with Crippen molar-refractivity contribution in [3.63, 3.8) is 0 Å². The fourth-order valence-corrected chi connectivity index (χ4v) is 1.80. The molecule has 0 saturated carbocycles. The molecule has 1 unspecified atom stereocenters. The summed E-state index contributed by atoms with van der Waals surface area (Å²) < 4.78 is 0. The molecule has 0 aromatic carbocycles. The van der Waals surface area contributed by atoms with Gasteiger partial charge < -0.3 is 15.7 Å². The van der Waals surface area contributed by atoms with Gasteiger partial charge in [-0.05, 0) is 31.7 Å². The second kappa shape index (κ2) is 5.98.